The molecule has 0 aliphatic heterocycles. The first-order chi connectivity index (χ1) is 10.0. The summed E-state index contributed by atoms with van der Waals surface area (Å²) in [7, 11) is 0. The van der Waals surface area contributed by atoms with Gasteiger partial charge >= 0.3 is 0 Å². The summed E-state index contributed by atoms with van der Waals surface area (Å²) in [5.74, 6) is 0.285. The molecule has 0 radical (unpaired) electrons. The number of thioether (sulfide) groups is 1. The molecule has 1 N–H and O–H groups in total. The molecule has 0 aliphatic rings. The van der Waals surface area contributed by atoms with Crippen molar-refractivity contribution in [3.8, 4) is 0 Å². The maximum atomic E-state index is 11.9. The molecule has 0 atom stereocenters. The van der Waals surface area contributed by atoms with Gasteiger partial charge in [0.1, 0.15) is 0 Å². The van der Waals surface area contributed by atoms with E-state index in [0.717, 1.165) is 9.37 Å². The highest BCUT2D eigenvalue weighted by atomic mass is 79.9. The van der Waals surface area contributed by atoms with Crippen LogP contribution in [-0.4, -0.2) is 17.4 Å². The van der Waals surface area contributed by atoms with Crippen LogP contribution < -0.4 is 5.32 Å². The van der Waals surface area contributed by atoms with Crippen molar-refractivity contribution in [2.75, 3.05) is 11.1 Å². The second kappa shape index (κ2) is 7.43. The molecule has 3 nitrogen and oxygen atoms in total. The topological polar surface area (TPSA) is 46.2 Å². The van der Waals surface area contributed by atoms with Gasteiger partial charge in [-0.2, -0.15) is 0 Å². The number of hydrogen-bond donors (Lipinski definition) is 1. The molecule has 108 valence electrons. The molecule has 0 saturated carbocycles. The molecule has 1 amide bonds. The molecule has 0 aliphatic carbocycles. The highest BCUT2D eigenvalue weighted by molar-refractivity contribution is 9.10. The van der Waals surface area contributed by atoms with Crippen LogP contribution in [0.1, 0.15) is 17.3 Å². The number of anilines is 1. The van der Waals surface area contributed by atoms with E-state index in [1.165, 1.54) is 18.7 Å². The summed E-state index contributed by atoms with van der Waals surface area (Å²) in [5, 5.41) is 2.81. The fraction of sp³-hybridized carbons (Fsp3) is 0.125. The number of Topliss-reactive ketones (excluding diaryl/α,β-unsaturated/α-hetero) is 1. The first kappa shape index (κ1) is 15.8. The Morgan fingerprint density at radius 3 is 2.24 bits per heavy atom. The molecule has 2 rings (SSSR count). The fourth-order valence-corrected chi connectivity index (χ4v) is 2.63. The normalized spacial score (nSPS) is 10.2. The minimum Gasteiger partial charge on any atom is -0.325 e. The van der Waals surface area contributed by atoms with Gasteiger partial charge in [-0.05, 0) is 55.5 Å². The Hall–Kier alpha value is -1.59. The number of hydrogen-bond acceptors (Lipinski definition) is 3. The van der Waals surface area contributed by atoms with Crippen LogP contribution in [0.15, 0.2) is 57.9 Å². The second-order valence-corrected chi connectivity index (χ2v) is 6.39. The van der Waals surface area contributed by atoms with Crippen LogP contribution in [0, 0.1) is 0 Å². The number of carbonyl (C=O) groups excluding carboxylic acids is 2. The van der Waals surface area contributed by atoms with E-state index in [-0.39, 0.29) is 11.7 Å². The zero-order chi connectivity index (χ0) is 15.2. The van der Waals surface area contributed by atoms with Gasteiger partial charge in [0, 0.05) is 20.6 Å². The first-order valence-corrected chi connectivity index (χ1v) is 8.11. The molecule has 0 unspecified atom stereocenters. The Bertz CT molecular complexity index is 638. The van der Waals surface area contributed by atoms with Crippen molar-refractivity contribution in [3.05, 3.63) is 58.6 Å². The van der Waals surface area contributed by atoms with E-state index in [9.17, 15) is 9.59 Å². The third kappa shape index (κ3) is 5.02. The van der Waals surface area contributed by atoms with E-state index < -0.39 is 0 Å². The zero-order valence-electron chi connectivity index (χ0n) is 11.4. The number of benzene rings is 2. The third-order valence-electron chi connectivity index (χ3n) is 2.76. The standard InChI is InChI=1S/C16H14BrNO2S/c1-11(19)12-2-6-14(7-3-12)18-16(20)10-21-15-8-4-13(17)5-9-15/h2-9H,10H2,1H3,(H,18,20). The van der Waals surface area contributed by atoms with E-state index in [2.05, 4.69) is 21.2 Å². The van der Waals surface area contributed by atoms with Crippen molar-refractivity contribution in [3.63, 3.8) is 0 Å². The Balaban J connectivity index is 1.86. The molecule has 0 spiro atoms. The maximum Gasteiger partial charge on any atom is 0.234 e. The summed E-state index contributed by atoms with van der Waals surface area (Å²) in [6.45, 7) is 1.52. The van der Waals surface area contributed by atoms with Crippen LogP contribution in [0.4, 0.5) is 5.69 Å². The highest BCUT2D eigenvalue weighted by Gasteiger charge is 2.05. The van der Waals surface area contributed by atoms with Crippen molar-refractivity contribution in [2.45, 2.75) is 11.8 Å². The van der Waals surface area contributed by atoms with Gasteiger partial charge in [-0.15, -0.1) is 11.8 Å². The predicted molar refractivity (Wildman–Crippen MR) is 89.9 cm³/mol. The average Bonchev–Trinajstić information content (AvgIpc) is 2.47. The van der Waals surface area contributed by atoms with E-state index in [4.69, 9.17) is 0 Å². The lowest BCUT2D eigenvalue weighted by Crippen LogP contribution is -2.14. The number of amides is 1. The van der Waals surface area contributed by atoms with Crippen LogP contribution in [-0.2, 0) is 4.79 Å². The maximum absolute atomic E-state index is 11.9. The van der Waals surface area contributed by atoms with E-state index in [1.807, 2.05) is 24.3 Å². The highest BCUT2D eigenvalue weighted by Crippen LogP contribution is 2.21. The van der Waals surface area contributed by atoms with E-state index in [1.54, 1.807) is 24.3 Å². The van der Waals surface area contributed by atoms with Gasteiger partial charge in [0.25, 0.3) is 0 Å². The minimum absolute atomic E-state index is 0.0127. The van der Waals surface area contributed by atoms with Crippen LogP contribution >= 0.6 is 27.7 Å². The zero-order valence-corrected chi connectivity index (χ0v) is 13.8. The van der Waals surface area contributed by atoms with Gasteiger partial charge in [-0.3, -0.25) is 9.59 Å². The predicted octanol–water partition coefficient (Wildman–Crippen LogP) is 4.38. The van der Waals surface area contributed by atoms with Crippen molar-refractivity contribution < 1.29 is 9.59 Å². The number of carbonyl (C=O) groups is 2. The molecule has 2 aromatic rings. The van der Waals surface area contributed by atoms with Crippen LogP contribution in [0.2, 0.25) is 0 Å². The van der Waals surface area contributed by atoms with E-state index in [0.29, 0.717) is 17.0 Å². The summed E-state index contributed by atoms with van der Waals surface area (Å²) in [5.41, 5.74) is 1.33. The lowest BCUT2D eigenvalue weighted by Gasteiger charge is -2.06. The molecular weight excluding hydrogens is 350 g/mol. The summed E-state index contributed by atoms with van der Waals surface area (Å²) in [6, 6.07) is 14.7. The lowest BCUT2D eigenvalue weighted by molar-refractivity contribution is -0.113. The molecule has 5 heteroatoms. The number of rotatable bonds is 5. The molecule has 0 heterocycles. The summed E-state index contributed by atoms with van der Waals surface area (Å²) in [4.78, 5) is 24.1. The number of halogens is 1. The van der Waals surface area contributed by atoms with Crippen LogP contribution in [0.3, 0.4) is 0 Å². The molecule has 0 aromatic heterocycles. The Kier molecular flexibility index (Phi) is 5.59. The van der Waals surface area contributed by atoms with E-state index >= 15 is 0 Å². The summed E-state index contributed by atoms with van der Waals surface area (Å²) >= 11 is 4.85. The van der Waals surface area contributed by atoms with Gasteiger partial charge in [-0.25, -0.2) is 0 Å². The van der Waals surface area contributed by atoms with Crippen molar-refractivity contribution in [2.24, 2.45) is 0 Å². The van der Waals surface area contributed by atoms with Crippen molar-refractivity contribution >= 4 is 45.1 Å². The Labute approximate surface area is 136 Å². The third-order valence-corrected chi connectivity index (χ3v) is 4.30. The number of nitrogens with one attached hydrogen (secondary N) is 1. The fourth-order valence-electron chi connectivity index (χ4n) is 1.67. The Morgan fingerprint density at radius 2 is 1.67 bits per heavy atom. The molecule has 0 saturated heterocycles. The van der Waals surface area contributed by atoms with Crippen LogP contribution in [0.25, 0.3) is 0 Å². The van der Waals surface area contributed by atoms with Gasteiger partial charge in [0.15, 0.2) is 5.78 Å². The van der Waals surface area contributed by atoms with Crippen molar-refractivity contribution in [1.82, 2.24) is 0 Å². The SMILES string of the molecule is CC(=O)c1ccc(NC(=O)CSc2ccc(Br)cc2)cc1. The molecular formula is C16H14BrNO2S. The largest absolute Gasteiger partial charge is 0.325 e. The summed E-state index contributed by atoms with van der Waals surface area (Å²) in [6.07, 6.45) is 0. The number of ketones is 1. The molecule has 2 aromatic carbocycles. The van der Waals surface area contributed by atoms with Gasteiger partial charge in [-0.1, -0.05) is 15.9 Å². The Morgan fingerprint density at radius 1 is 1.05 bits per heavy atom. The monoisotopic (exact) mass is 363 g/mol. The van der Waals surface area contributed by atoms with Crippen LogP contribution in [0.5, 0.6) is 0 Å². The van der Waals surface area contributed by atoms with Gasteiger partial charge in [0.05, 0.1) is 5.75 Å². The van der Waals surface area contributed by atoms with Gasteiger partial charge in [0.2, 0.25) is 5.91 Å². The molecule has 21 heavy (non-hydrogen) atoms. The summed E-state index contributed by atoms with van der Waals surface area (Å²) < 4.78 is 1.02. The lowest BCUT2D eigenvalue weighted by atomic mass is 10.1. The average molecular weight is 364 g/mol. The first-order valence-electron chi connectivity index (χ1n) is 6.34. The van der Waals surface area contributed by atoms with Crippen molar-refractivity contribution in [1.29, 1.82) is 0 Å². The minimum atomic E-state index is -0.0708. The second-order valence-electron chi connectivity index (χ2n) is 4.42. The van der Waals surface area contributed by atoms with Gasteiger partial charge < -0.3 is 5.32 Å². The molecule has 0 bridgehead atoms. The quantitative estimate of drug-likeness (QED) is 0.633. The smallest absolute Gasteiger partial charge is 0.234 e. The molecule has 0 fully saturated rings.